The van der Waals surface area contributed by atoms with Crippen LogP contribution in [0, 0.1) is 5.92 Å². The van der Waals surface area contributed by atoms with E-state index in [9.17, 15) is 9.59 Å². The monoisotopic (exact) mass is 226 g/mol. The van der Waals surface area contributed by atoms with Gasteiger partial charge in [0.2, 0.25) is 5.91 Å². The molecular weight excluding hydrogens is 212 g/mol. The quantitative estimate of drug-likeness (QED) is 0.644. The minimum Gasteiger partial charge on any atom is -0.379 e. The third-order valence-electron chi connectivity index (χ3n) is 3.43. The van der Waals surface area contributed by atoms with Gasteiger partial charge in [0.05, 0.1) is 37.8 Å². The van der Waals surface area contributed by atoms with Gasteiger partial charge in [-0.05, 0) is 6.42 Å². The number of rotatable bonds is 1. The molecule has 1 N–H and O–H groups in total. The van der Waals surface area contributed by atoms with Crippen molar-refractivity contribution < 1.29 is 19.1 Å². The molecule has 3 fully saturated rings. The molecule has 0 aromatic rings. The Labute approximate surface area is 92.9 Å². The number of nitrogens with one attached hydrogen (secondary N) is 1. The summed E-state index contributed by atoms with van der Waals surface area (Å²) < 4.78 is 10.4. The number of amides is 3. The molecule has 0 aliphatic carbocycles. The number of imide groups is 1. The molecule has 6 heteroatoms. The maximum absolute atomic E-state index is 12.1. The van der Waals surface area contributed by atoms with Crippen LogP contribution in [0.25, 0.3) is 0 Å². The van der Waals surface area contributed by atoms with Crippen LogP contribution in [-0.2, 0) is 14.3 Å². The summed E-state index contributed by atoms with van der Waals surface area (Å²) in [5.41, 5.74) is 0. The molecule has 0 bridgehead atoms. The van der Waals surface area contributed by atoms with Crippen LogP contribution in [0.2, 0.25) is 0 Å². The predicted octanol–water partition coefficient (Wildman–Crippen LogP) is -0.658. The lowest BCUT2D eigenvalue weighted by Gasteiger charge is -2.35. The van der Waals surface area contributed by atoms with E-state index >= 15 is 0 Å². The molecule has 0 spiro atoms. The summed E-state index contributed by atoms with van der Waals surface area (Å²) in [4.78, 5) is 25.3. The van der Waals surface area contributed by atoms with Crippen LogP contribution in [0.5, 0.6) is 0 Å². The van der Waals surface area contributed by atoms with E-state index in [1.807, 2.05) is 0 Å². The van der Waals surface area contributed by atoms with Crippen molar-refractivity contribution in [2.45, 2.75) is 18.5 Å². The first-order valence-electron chi connectivity index (χ1n) is 5.56. The highest BCUT2D eigenvalue weighted by Gasteiger charge is 2.47. The number of hydrogen-bond donors (Lipinski definition) is 1. The molecule has 3 aliphatic heterocycles. The third kappa shape index (κ3) is 1.41. The van der Waals surface area contributed by atoms with Gasteiger partial charge in [0.1, 0.15) is 0 Å². The van der Waals surface area contributed by atoms with Gasteiger partial charge in [-0.2, -0.15) is 0 Å². The predicted molar refractivity (Wildman–Crippen MR) is 52.7 cm³/mol. The van der Waals surface area contributed by atoms with Gasteiger partial charge in [-0.15, -0.1) is 0 Å². The van der Waals surface area contributed by atoms with Gasteiger partial charge in [-0.3, -0.25) is 9.69 Å². The highest BCUT2D eigenvalue weighted by atomic mass is 16.5. The molecule has 3 amide bonds. The van der Waals surface area contributed by atoms with Crippen molar-refractivity contribution in [1.29, 1.82) is 0 Å². The Morgan fingerprint density at radius 2 is 2.06 bits per heavy atom. The van der Waals surface area contributed by atoms with Gasteiger partial charge in [-0.1, -0.05) is 0 Å². The number of ether oxygens (including phenoxy) is 2. The van der Waals surface area contributed by atoms with Gasteiger partial charge < -0.3 is 14.8 Å². The van der Waals surface area contributed by atoms with E-state index in [-0.39, 0.29) is 29.9 Å². The molecular formula is C10H14N2O4. The SMILES string of the molecule is O=C1NC2COCC2C(=O)N1C1CCOC1. The molecule has 0 aromatic carbocycles. The van der Waals surface area contributed by atoms with Gasteiger partial charge in [0, 0.05) is 6.61 Å². The van der Waals surface area contributed by atoms with Gasteiger partial charge in [0.15, 0.2) is 0 Å². The fourth-order valence-corrected chi connectivity index (χ4v) is 2.52. The Balaban J connectivity index is 1.81. The summed E-state index contributed by atoms with van der Waals surface area (Å²) in [6.07, 6.45) is 0.734. The molecule has 0 saturated carbocycles. The molecule has 3 saturated heterocycles. The van der Waals surface area contributed by atoms with Crippen molar-refractivity contribution in [2.24, 2.45) is 5.92 Å². The van der Waals surface area contributed by atoms with Crippen molar-refractivity contribution in [3.8, 4) is 0 Å². The van der Waals surface area contributed by atoms with Crippen LogP contribution in [-0.4, -0.2) is 55.3 Å². The van der Waals surface area contributed by atoms with Crippen LogP contribution in [0.1, 0.15) is 6.42 Å². The highest BCUT2D eigenvalue weighted by Crippen LogP contribution is 2.25. The van der Waals surface area contributed by atoms with Crippen molar-refractivity contribution in [1.82, 2.24) is 10.2 Å². The van der Waals surface area contributed by atoms with E-state index in [2.05, 4.69) is 5.32 Å². The maximum Gasteiger partial charge on any atom is 0.324 e. The largest absolute Gasteiger partial charge is 0.379 e. The summed E-state index contributed by atoms with van der Waals surface area (Å²) in [5, 5.41) is 2.82. The fourth-order valence-electron chi connectivity index (χ4n) is 2.52. The molecule has 3 rings (SSSR count). The van der Waals surface area contributed by atoms with E-state index in [4.69, 9.17) is 9.47 Å². The fraction of sp³-hybridized carbons (Fsp3) is 0.800. The molecule has 3 unspecified atom stereocenters. The summed E-state index contributed by atoms with van der Waals surface area (Å²) in [5.74, 6) is -0.319. The second-order valence-corrected chi connectivity index (χ2v) is 4.43. The van der Waals surface area contributed by atoms with E-state index < -0.39 is 0 Å². The van der Waals surface area contributed by atoms with E-state index in [1.54, 1.807) is 0 Å². The summed E-state index contributed by atoms with van der Waals surface area (Å²) in [6, 6.07) is -0.542. The van der Waals surface area contributed by atoms with Gasteiger partial charge in [-0.25, -0.2) is 4.79 Å². The normalized spacial score (nSPS) is 38.8. The Morgan fingerprint density at radius 1 is 1.19 bits per heavy atom. The van der Waals surface area contributed by atoms with E-state index in [1.165, 1.54) is 4.90 Å². The molecule has 3 aliphatic rings. The van der Waals surface area contributed by atoms with Crippen LogP contribution in [0.4, 0.5) is 4.79 Å². The Bertz CT molecular complexity index is 327. The molecule has 3 heterocycles. The summed E-state index contributed by atoms with van der Waals surface area (Å²) >= 11 is 0. The number of carbonyl (C=O) groups excluding carboxylic acids is 2. The maximum atomic E-state index is 12.1. The summed E-state index contributed by atoms with van der Waals surface area (Å²) in [7, 11) is 0. The Kier molecular flexibility index (Phi) is 2.33. The van der Waals surface area contributed by atoms with Gasteiger partial charge >= 0.3 is 6.03 Å². The Morgan fingerprint density at radius 3 is 2.81 bits per heavy atom. The number of urea groups is 1. The third-order valence-corrected chi connectivity index (χ3v) is 3.43. The number of hydrogen-bond acceptors (Lipinski definition) is 4. The number of carbonyl (C=O) groups is 2. The van der Waals surface area contributed by atoms with Crippen LogP contribution in [0.15, 0.2) is 0 Å². The van der Waals surface area contributed by atoms with Crippen molar-refractivity contribution in [3.63, 3.8) is 0 Å². The number of fused-ring (bicyclic) bond motifs is 1. The zero-order valence-corrected chi connectivity index (χ0v) is 8.85. The average Bonchev–Trinajstić information content (AvgIpc) is 2.87. The standard InChI is InChI=1S/C10H14N2O4/c13-9-7-4-16-5-8(7)11-10(14)12(9)6-1-2-15-3-6/h6-8H,1-5H2,(H,11,14). The van der Waals surface area contributed by atoms with Crippen LogP contribution < -0.4 is 5.32 Å². The molecule has 16 heavy (non-hydrogen) atoms. The zero-order chi connectivity index (χ0) is 11.1. The summed E-state index contributed by atoms with van der Waals surface area (Å²) in [6.45, 7) is 1.93. The molecule has 6 nitrogen and oxygen atoms in total. The van der Waals surface area contributed by atoms with Crippen molar-refractivity contribution >= 4 is 11.9 Å². The Hall–Kier alpha value is -1.14. The minimum absolute atomic E-state index is 0.103. The first kappa shape index (κ1) is 10.0. The van der Waals surface area contributed by atoms with Crippen LogP contribution >= 0.6 is 0 Å². The lowest BCUT2D eigenvalue weighted by atomic mass is 9.98. The number of nitrogens with zero attached hydrogens (tertiary/aromatic N) is 1. The molecule has 88 valence electrons. The second kappa shape index (κ2) is 3.71. The zero-order valence-electron chi connectivity index (χ0n) is 8.85. The first-order valence-corrected chi connectivity index (χ1v) is 5.56. The minimum atomic E-state index is -0.299. The topological polar surface area (TPSA) is 67.9 Å². The van der Waals surface area contributed by atoms with E-state index in [0.29, 0.717) is 26.4 Å². The lowest BCUT2D eigenvalue weighted by molar-refractivity contribution is -0.136. The van der Waals surface area contributed by atoms with E-state index in [0.717, 1.165) is 6.42 Å². The van der Waals surface area contributed by atoms with Crippen molar-refractivity contribution in [2.75, 3.05) is 26.4 Å². The first-order chi connectivity index (χ1) is 7.77. The highest BCUT2D eigenvalue weighted by molar-refractivity contribution is 5.99. The van der Waals surface area contributed by atoms with Crippen molar-refractivity contribution in [3.05, 3.63) is 0 Å². The lowest BCUT2D eigenvalue weighted by Crippen LogP contribution is -2.62. The molecule has 3 atom stereocenters. The van der Waals surface area contributed by atoms with Gasteiger partial charge in [0.25, 0.3) is 0 Å². The molecule has 0 aromatic heterocycles. The molecule has 0 radical (unpaired) electrons. The average molecular weight is 226 g/mol. The van der Waals surface area contributed by atoms with Crippen LogP contribution in [0.3, 0.4) is 0 Å². The smallest absolute Gasteiger partial charge is 0.324 e. The second-order valence-electron chi connectivity index (χ2n) is 4.43.